The highest BCUT2D eigenvalue weighted by Gasteiger charge is 2.43. The zero-order valence-corrected chi connectivity index (χ0v) is 9.75. The van der Waals surface area contributed by atoms with Crippen LogP contribution in [0.2, 0.25) is 0 Å². The highest BCUT2D eigenvalue weighted by Crippen LogP contribution is 2.43. The monoisotopic (exact) mass is 197 g/mol. The summed E-state index contributed by atoms with van der Waals surface area (Å²) in [4.78, 5) is 2.43. The lowest BCUT2D eigenvalue weighted by Crippen LogP contribution is -2.56. The van der Waals surface area contributed by atoms with Crippen LogP contribution in [0.15, 0.2) is 0 Å². The van der Waals surface area contributed by atoms with Crippen LogP contribution in [0.5, 0.6) is 0 Å². The van der Waals surface area contributed by atoms with Gasteiger partial charge >= 0.3 is 0 Å². The quantitative estimate of drug-likeness (QED) is 0.673. The minimum Gasteiger partial charge on any atom is -0.376 e. The van der Waals surface area contributed by atoms with Gasteiger partial charge in [0.15, 0.2) is 0 Å². The summed E-state index contributed by atoms with van der Waals surface area (Å²) >= 11 is 0. The summed E-state index contributed by atoms with van der Waals surface area (Å²) < 4.78 is 5.87. The van der Waals surface area contributed by atoms with Gasteiger partial charge in [-0.25, -0.2) is 0 Å². The Kier molecular flexibility index (Phi) is 2.85. The summed E-state index contributed by atoms with van der Waals surface area (Å²) in [5.74, 6) is 0. The van der Waals surface area contributed by atoms with Gasteiger partial charge in [-0.1, -0.05) is 0 Å². The lowest BCUT2D eigenvalue weighted by molar-refractivity contribution is -0.0761. The van der Waals surface area contributed by atoms with Crippen molar-refractivity contribution in [3.8, 4) is 0 Å². The summed E-state index contributed by atoms with van der Waals surface area (Å²) in [5.41, 5.74) is 0.686. The Bertz CT molecular complexity index is 186. The van der Waals surface area contributed by atoms with E-state index in [-0.39, 0.29) is 0 Å². The van der Waals surface area contributed by atoms with E-state index in [4.69, 9.17) is 4.74 Å². The molecular formula is C12H23NO. The van der Waals surface area contributed by atoms with Gasteiger partial charge in [0, 0.05) is 13.1 Å². The second-order valence-electron chi connectivity index (χ2n) is 5.56. The number of likely N-dealkylation sites (tertiary alicyclic amines) is 1. The summed E-state index contributed by atoms with van der Waals surface area (Å²) in [7, 11) is 2.22. The first-order valence-corrected chi connectivity index (χ1v) is 5.94. The normalized spacial score (nSPS) is 28.3. The fourth-order valence-electron chi connectivity index (χ4n) is 3.14. The molecule has 0 radical (unpaired) electrons. The Labute approximate surface area is 87.6 Å². The summed E-state index contributed by atoms with van der Waals surface area (Å²) in [6, 6.07) is 0. The molecule has 0 bridgehead atoms. The molecule has 14 heavy (non-hydrogen) atoms. The second kappa shape index (κ2) is 3.82. The number of hydrogen-bond acceptors (Lipinski definition) is 2. The van der Waals surface area contributed by atoms with Gasteiger partial charge in [-0.2, -0.15) is 0 Å². The van der Waals surface area contributed by atoms with Crippen LogP contribution in [-0.4, -0.2) is 37.2 Å². The topological polar surface area (TPSA) is 12.5 Å². The van der Waals surface area contributed by atoms with Crippen molar-refractivity contribution in [2.24, 2.45) is 5.41 Å². The van der Waals surface area contributed by atoms with Crippen molar-refractivity contribution < 1.29 is 4.74 Å². The van der Waals surface area contributed by atoms with E-state index in [1.165, 1.54) is 38.8 Å². The van der Waals surface area contributed by atoms with E-state index >= 15 is 0 Å². The van der Waals surface area contributed by atoms with Crippen LogP contribution in [0, 0.1) is 5.41 Å². The minimum absolute atomic E-state index is 0.401. The average Bonchev–Trinajstić information content (AvgIpc) is 2.05. The molecule has 0 aromatic rings. The third-order valence-electron chi connectivity index (χ3n) is 3.67. The number of nitrogens with zero attached hydrogens (tertiary/aromatic N) is 1. The predicted molar refractivity (Wildman–Crippen MR) is 58.4 cm³/mol. The fraction of sp³-hybridized carbons (Fsp3) is 1.00. The van der Waals surface area contributed by atoms with Gasteiger partial charge in [0.25, 0.3) is 0 Å². The molecule has 1 aliphatic heterocycles. The first-order chi connectivity index (χ1) is 6.60. The Morgan fingerprint density at radius 1 is 1.21 bits per heavy atom. The van der Waals surface area contributed by atoms with Crippen molar-refractivity contribution in [2.75, 3.05) is 20.1 Å². The van der Waals surface area contributed by atoms with E-state index in [1.54, 1.807) is 0 Å². The first kappa shape index (κ1) is 10.4. The molecule has 82 valence electrons. The van der Waals surface area contributed by atoms with Crippen molar-refractivity contribution in [3.63, 3.8) is 0 Å². The van der Waals surface area contributed by atoms with Crippen LogP contribution in [0.25, 0.3) is 0 Å². The highest BCUT2D eigenvalue weighted by molar-refractivity contribution is 4.96. The van der Waals surface area contributed by atoms with Crippen molar-refractivity contribution in [1.82, 2.24) is 4.90 Å². The van der Waals surface area contributed by atoms with Gasteiger partial charge in [0.1, 0.15) is 0 Å². The maximum Gasteiger partial charge on any atom is 0.0579 e. The van der Waals surface area contributed by atoms with Crippen LogP contribution < -0.4 is 0 Å². The summed E-state index contributed by atoms with van der Waals surface area (Å²) in [6.07, 6.45) is 6.28. The van der Waals surface area contributed by atoms with Crippen LogP contribution in [-0.2, 0) is 4.74 Å². The van der Waals surface area contributed by atoms with Crippen LogP contribution in [0.3, 0.4) is 0 Å². The molecule has 0 aromatic carbocycles. The number of rotatable bonds is 2. The zero-order chi connectivity index (χ0) is 10.2. The van der Waals surface area contributed by atoms with Gasteiger partial charge < -0.3 is 9.64 Å². The largest absolute Gasteiger partial charge is 0.376 e. The maximum absolute atomic E-state index is 5.87. The first-order valence-electron chi connectivity index (χ1n) is 5.94. The molecule has 1 spiro atoms. The van der Waals surface area contributed by atoms with Crippen LogP contribution in [0.1, 0.15) is 39.5 Å². The Morgan fingerprint density at radius 3 is 2.21 bits per heavy atom. The smallest absolute Gasteiger partial charge is 0.0579 e. The Morgan fingerprint density at radius 2 is 1.79 bits per heavy atom. The standard InChI is InChI=1S/C12H23NO/c1-10(2)14-11-4-6-12(7-5-11)8-13(3)9-12/h10-11H,4-9H2,1-3H3. The second-order valence-corrected chi connectivity index (χ2v) is 5.56. The van der Waals surface area contributed by atoms with Crippen LogP contribution in [0.4, 0.5) is 0 Å². The average molecular weight is 197 g/mol. The minimum atomic E-state index is 0.401. The molecule has 1 aliphatic carbocycles. The molecule has 2 heteroatoms. The van der Waals surface area contributed by atoms with E-state index in [1.807, 2.05) is 0 Å². The molecule has 0 atom stereocenters. The summed E-state index contributed by atoms with van der Waals surface area (Å²) in [5, 5.41) is 0. The predicted octanol–water partition coefficient (Wildman–Crippen LogP) is 2.29. The molecule has 1 heterocycles. The van der Waals surface area contributed by atoms with Gasteiger partial charge in [0.2, 0.25) is 0 Å². The molecule has 0 aromatic heterocycles. The van der Waals surface area contributed by atoms with E-state index in [2.05, 4.69) is 25.8 Å². The summed E-state index contributed by atoms with van der Waals surface area (Å²) in [6.45, 7) is 6.92. The molecule has 0 unspecified atom stereocenters. The molecule has 2 aliphatic rings. The van der Waals surface area contributed by atoms with Gasteiger partial charge in [-0.3, -0.25) is 0 Å². The number of hydrogen-bond donors (Lipinski definition) is 0. The lowest BCUT2D eigenvalue weighted by atomic mass is 9.68. The van der Waals surface area contributed by atoms with Gasteiger partial charge in [-0.05, 0) is 52.0 Å². The van der Waals surface area contributed by atoms with Crippen molar-refractivity contribution >= 4 is 0 Å². The third-order valence-corrected chi connectivity index (χ3v) is 3.67. The van der Waals surface area contributed by atoms with Crippen molar-refractivity contribution in [3.05, 3.63) is 0 Å². The molecule has 1 saturated carbocycles. The van der Waals surface area contributed by atoms with E-state index in [0.717, 1.165) is 0 Å². The van der Waals surface area contributed by atoms with Crippen molar-refractivity contribution in [2.45, 2.75) is 51.7 Å². The van der Waals surface area contributed by atoms with Crippen molar-refractivity contribution in [1.29, 1.82) is 0 Å². The molecular weight excluding hydrogens is 174 g/mol. The molecule has 2 nitrogen and oxygen atoms in total. The van der Waals surface area contributed by atoms with E-state index < -0.39 is 0 Å². The molecule has 2 fully saturated rings. The Balaban J connectivity index is 1.75. The van der Waals surface area contributed by atoms with Crippen LogP contribution >= 0.6 is 0 Å². The van der Waals surface area contributed by atoms with E-state index in [9.17, 15) is 0 Å². The molecule has 0 amide bonds. The van der Waals surface area contributed by atoms with E-state index in [0.29, 0.717) is 17.6 Å². The highest BCUT2D eigenvalue weighted by atomic mass is 16.5. The SMILES string of the molecule is CC(C)OC1CCC2(CC1)CN(C)C2. The van der Waals surface area contributed by atoms with Gasteiger partial charge in [-0.15, -0.1) is 0 Å². The fourth-order valence-corrected chi connectivity index (χ4v) is 3.14. The number of ether oxygens (including phenoxy) is 1. The Hall–Kier alpha value is -0.0800. The molecule has 2 rings (SSSR count). The lowest BCUT2D eigenvalue weighted by Gasteiger charge is -2.52. The third kappa shape index (κ3) is 2.12. The molecule has 1 saturated heterocycles. The van der Waals surface area contributed by atoms with Gasteiger partial charge in [0.05, 0.1) is 12.2 Å². The zero-order valence-electron chi connectivity index (χ0n) is 9.75. The molecule has 0 N–H and O–H groups in total. The maximum atomic E-state index is 5.87.